The second kappa shape index (κ2) is 7.60. The molecule has 0 spiro atoms. The fraction of sp³-hybridized carbons (Fsp3) is 0.278. The van der Waals surface area contributed by atoms with Crippen LogP contribution in [0, 0.1) is 6.92 Å². The molecule has 2 N–H and O–H groups in total. The van der Waals surface area contributed by atoms with E-state index in [-0.39, 0.29) is 5.91 Å². The molecule has 0 aliphatic heterocycles. The number of hydrogen-bond donors (Lipinski definition) is 2. The SMILES string of the molecule is Cc1ccc(C[NH+](C)CC(=O)NCc2ccccc2)cc1. The summed E-state index contributed by atoms with van der Waals surface area (Å²) in [6, 6.07) is 18.4. The van der Waals surface area contributed by atoms with Crippen molar-refractivity contribution in [3.05, 3.63) is 71.3 Å². The maximum absolute atomic E-state index is 11.9. The standard InChI is InChI=1S/C18H22N2O/c1-15-8-10-17(11-9-15)13-20(2)14-18(21)19-12-16-6-4-3-5-7-16/h3-11H,12-14H2,1-2H3,(H,19,21)/p+1. The Morgan fingerprint density at radius 1 is 1.00 bits per heavy atom. The van der Waals surface area contributed by atoms with Crippen molar-refractivity contribution in [3.63, 3.8) is 0 Å². The summed E-state index contributed by atoms with van der Waals surface area (Å²) in [4.78, 5) is 13.1. The van der Waals surface area contributed by atoms with Gasteiger partial charge in [-0.2, -0.15) is 0 Å². The number of carbonyl (C=O) groups is 1. The zero-order chi connectivity index (χ0) is 15.1. The number of aryl methyl sites for hydroxylation is 1. The van der Waals surface area contributed by atoms with Crippen LogP contribution in [0.3, 0.4) is 0 Å². The molecule has 2 rings (SSSR count). The molecule has 3 nitrogen and oxygen atoms in total. The highest BCUT2D eigenvalue weighted by Gasteiger charge is 2.10. The largest absolute Gasteiger partial charge is 0.347 e. The zero-order valence-corrected chi connectivity index (χ0v) is 12.7. The molecule has 0 radical (unpaired) electrons. The van der Waals surface area contributed by atoms with Crippen molar-refractivity contribution in [2.45, 2.75) is 20.0 Å². The van der Waals surface area contributed by atoms with Crippen LogP contribution in [-0.2, 0) is 17.9 Å². The van der Waals surface area contributed by atoms with Crippen molar-refractivity contribution in [1.82, 2.24) is 5.32 Å². The summed E-state index contributed by atoms with van der Waals surface area (Å²) in [7, 11) is 2.04. The molecule has 2 aromatic rings. The Balaban J connectivity index is 1.75. The topological polar surface area (TPSA) is 33.5 Å². The minimum atomic E-state index is 0.0865. The van der Waals surface area contributed by atoms with Crippen LogP contribution in [0.1, 0.15) is 16.7 Å². The monoisotopic (exact) mass is 283 g/mol. The van der Waals surface area contributed by atoms with E-state index in [1.165, 1.54) is 16.0 Å². The average Bonchev–Trinajstić information content (AvgIpc) is 2.48. The van der Waals surface area contributed by atoms with E-state index >= 15 is 0 Å². The summed E-state index contributed by atoms with van der Waals surface area (Å²) in [6.07, 6.45) is 0. The van der Waals surface area contributed by atoms with Crippen LogP contribution >= 0.6 is 0 Å². The van der Waals surface area contributed by atoms with Crippen LogP contribution in [0.25, 0.3) is 0 Å². The van der Waals surface area contributed by atoms with Gasteiger partial charge in [0, 0.05) is 12.1 Å². The molecule has 0 heterocycles. The number of quaternary nitrogens is 1. The normalized spacial score (nSPS) is 11.9. The maximum atomic E-state index is 11.9. The molecular formula is C18H23N2O+. The van der Waals surface area contributed by atoms with E-state index in [1.54, 1.807) is 0 Å². The number of amides is 1. The van der Waals surface area contributed by atoms with Crippen molar-refractivity contribution in [2.24, 2.45) is 0 Å². The minimum absolute atomic E-state index is 0.0865. The Kier molecular flexibility index (Phi) is 5.52. The second-order valence-corrected chi connectivity index (χ2v) is 5.56. The highest BCUT2D eigenvalue weighted by Crippen LogP contribution is 2.01. The molecule has 3 heteroatoms. The Hall–Kier alpha value is -2.13. The molecule has 1 unspecified atom stereocenters. The number of nitrogens with one attached hydrogen (secondary N) is 2. The van der Waals surface area contributed by atoms with Gasteiger partial charge in [-0.05, 0) is 12.5 Å². The van der Waals surface area contributed by atoms with Crippen LogP contribution in [0.5, 0.6) is 0 Å². The lowest BCUT2D eigenvalue weighted by molar-refractivity contribution is -0.885. The molecule has 0 aliphatic rings. The summed E-state index contributed by atoms with van der Waals surface area (Å²) in [5, 5.41) is 2.96. The number of benzene rings is 2. The molecule has 110 valence electrons. The molecule has 0 saturated heterocycles. The van der Waals surface area contributed by atoms with E-state index in [9.17, 15) is 4.79 Å². The van der Waals surface area contributed by atoms with E-state index in [4.69, 9.17) is 0 Å². The third-order valence-corrected chi connectivity index (χ3v) is 3.42. The predicted molar refractivity (Wildman–Crippen MR) is 84.9 cm³/mol. The summed E-state index contributed by atoms with van der Waals surface area (Å²) in [5.41, 5.74) is 3.65. The lowest BCUT2D eigenvalue weighted by Gasteiger charge is -2.14. The van der Waals surface area contributed by atoms with Crippen LogP contribution in [0.2, 0.25) is 0 Å². The van der Waals surface area contributed by atoms with Crippen molar-refractivity contribution < 1.29 is 9.69 Å². The highest BCUT2D eigenvalue weighted by molar-refractivity contribution is 5.76. The first kappa shape index (κ1) is 15.3. The number of likely N-dealkylation sites (N-methyl/N-ethyl adjacent to an activating group) is 1. The lowest BCUT2D eigenvalue weighted by Crippen LogP contribution is -3.08. The van der Waals surface area contributed by atoms with Crippen molar-refractivity contribution in [2.75, 3.05) is 13.6 Å². The van der Waals surface area contributed by atoms with Crippen molar-refractivity contribution in [1.29, 1.82) is 0 Å². The summed E-state index contributed by atoms with van der Waals surface area (Å²) >= 11 is 0. The molecular weight excluding hydrogens is 260 g/mol. The molecule has 0 aromatic heterocycles. The van der Waals surface area contributed by atoms with Crippen LogP contribution < -0.4 is 10.2 Å². The van der Waals surface area contributed by atoms with Crippen LogP contribution in [0.4, 0.5) is 0 Å². The third kappa shape index (κ3) is 5.40. The fourth-order valence-electron chi connectivity index (χ4n) is 2.25. The van der Waals surface area contributed by atoms with Gasteiger partial charge in [0.2, 0.25) is 0 Å². The van der Waals surface area contributed by atoms with Gasteiger partial charge >= 0.3 is 0 Å². The quantitative estimate of drug-likeness (QED) is 0.824. The summed E-state index contributed by atoms with van der Waals surface area (Å²) < 4.78 is 0. The first-order chi connectivity index (χ1) is 10.1. The maximum Gasteiger partial charge on any atom is 0.275 e. The molecule has 0 saturated carbocycles. The van der Waals surface area contributed by atoms with E-state index in [2.05, 4.69) is 36.5 Å². The number of carbonyl (C=O) groups excluding carboxylic acids is 1. The molecule has 1 amide bonds. The van der Waals surface area contributed by atoms with Gasteiger partial charge in [-0.25, -0.2) is 0 Å². The molecule has 0 aliphatic carbocycles. The van der Waals surface area contributed by atoms with E-state index in [1.807, 2.05) is 37.4 Å². The van der Waals surface area contributed by atoms with E-state index in [0.717, 1.165) is 12.1 Å². The first-order valence-electron chi connectivity index (χ1n) is 7.31. The van der Waals surface area contributed by atoms with Gasteiger partial charge in [0.25, 0.3) is 5.91 Å². The Bertz CT molecular complexity index is 564. The predicted octanol–water partition coefficient (Wildman–Crippen LogP) is 1.33. The molecule has 2 aromatic carbocycles. The Morgan fingerprint density at radius 2 is 1.67 bits per heavy atom. The van der Waals surface area contributed by atoms with Crippen molar-refractivity contribution in [3.8, 4) is 0 Å². The smallest absolute Gasteiger partial charge is 0.275 e. The molecule has 0 bridgehead atoms. The van der Waals surface area contributed by atoms with Gasteiger partial charge in [-0.15, -0.1) is 0 Å². The minimum Gasteiger partial charge on any atom is -0.347 e. The number of rotatable bonds is 6. The summed E-state index contributed by atoms with van der Waals surface area (Å²) in [5.74, 6) is 0.0865. The number of hydrogen-bond acceptors (Lipinski definition) is 1. The van der Waals surface area contributed by atoms with Crippen molar-refractivity contribution >= 4 is 5.91 Å². The van der Waals surface area contributed by atoms with Gasteiger partial charge in [-0.3, -0.25) is 4.79 Å². The average molecular weight is 283 g/mol. The molecule has 1 atom stereocenters. The van der Waals surface area contributed by atoms with Gasteiger partial charge < -0.3 is 10.2 Å². The molecule has 0 fully saturated rings. The Morgan fingerprint density at radius 3 is 2.33 bits per heavy atom. The Labute approximate surface area is 126 Å². The molecule has 21 heavy (non-hydrogen) atoms. The second-order valence-electron chi connectivity index (χ2n) is 5.56. The van der Waals surface area contributed by atoms with Crippen LogP contribution in [0.15, 0.2) is 54.6 Å². The summed E-state index contributed by atoms with van der Waals surface area (Å²) in [6.45, 7) is 4.02. The zero-order valence-electron chi connectivity index (χ0n) is 12.7. The van der Waals surface area contributed by atoms with Gasteiger partial charge in [0.05, 0.1) is 7.05 Å². The lowest BCUT2D eigenvalue weighted by atomic mass is 10.1. The van der Waals surface area contributed by atoms with Gasteiger partial charge in [0.15, 0.2) is 6.54 Å². The third-order valence-electron chi connectivity index (χ3n) is 3.42. The van der Waals surface area contributed by atoms with Gasteiger partial charge in [0.1, 0.15) is 6.54 Å². The first-order valence-corrected chi connectivity index (χ1v) is 7.31. The fourth-order valence-corrected chi connectivity index (χ4v) is 2.25. The van der Waals surface area contributed by atoms with E-state index < -0.39 is 0 Å². The van der Waals surface area contributed by atoms with E-state index in [0.29, 0.717) is 13.1 Å². The van der Waals surface area contributed by atoms with Crippen LogP contribution in [-0.4, -0.2) is 19.5 Å². The van der Waals surface area contributed by atoms with Gasteiger partial charge in [-0.1, -0.05) is 60.2 Å². The highest BCUT2D eigenvalue weighted by atomic mass is 16.2.